The molecule has 0 fully saturated rings. The van der Waals surface area contributed by atoms with E-state index in [2.05, 4.69) is 5.32 Å². The number of carbonyl (C=O) groups is 1. The lowest BCUT2D eigenvalue weighted by molar-refractivity contribution is -0.126. The topological polar surface area (TPSA) is 64.3 Å². The van der Waals surface area contributed by atoms with Crippen molar-refractivity contribution in [3.8, 4) is 0 Å². The van der Waals surface area contributed by atoms with Gasteiger partial charge in [-0.25, -0.2) is 0 Å². The maximum absolute atomic E-state index is 11.7. The third-order valence-electron chi connectivity index (χ3n) is 3.14. The molecular weight excluding hydrogens is 240 g/mol. The molecule has 106 valence electrons. The first kappa shape index (κ1) is 15.7. The smallest absolute Gasteiger partial charge is 0.222 e. The Morgan fingerprint density at radius 3 is 2.58 bits per heavy atom. The van der Waals surface area contributed by atoms with Gasteiger partial charge in [0.2, 0.25) is 5.91 Å². The van der Waals surface area contributed by atoms with Gasteiger partial charge in [0, 0.05) is 19.7 Å². The SMILES string of the molecule is COC(C)(C)CC(=O)NCCC(N)c1ccccc1. The molecule has 0 aliphatic rings. The highest BCUT2D eigenvalue weighted by atomic mass is 16.5. The molecule has 1 unspecified atom stereocenters. The highest BCUT2D eigenvalue weighted by Crippen LogP contribution is 2.14. The van der Waals surface area contributed by atoms with Gasteiger partial charge in [-0.3, -0.25) is 4.79 Å². The van der Waals surface area contributed by atoms with Gasteiger partial charge in [-0.2, -0.15) is 0 Å². The summed E-state index contributed by atoms with van der Waals surface area (Å²) in [6.07, 6.45) is 1.08. The number of amides is 1. The zero-order valence-corrected chi connectivity index (χ0v) is 12.0. The van der Waals surface area contributed by atoms with Gasteiger partial charge in [-0.15, -0.1) is 0 Å². The summed E-state index contributed by atoms with van der Waals surface area (Å²) >= 11 is 0. The van der Waals surface area contributed by atoms with Crippen LogP contribution >= 0.6 is 0 Å². The van der Waals surface area contributed by atoms with Crippen LogP contribution in [0.4, 0.5) is 0 Å². The average molecular weight is 264 g/mol. The highest BCUT2D eigenvalue weighted by molar-refractivity contribution is 5.76. The van der Waals surface area contributed by atoms with Crippen molar-refractivity contribution in [1.29, 1.82) is 0 Å². The molecule has 0 aromatic heterocycles. The molecule has 1 aromatic carbocycles. The Balaban J connectivity index is 2.29. The summed E-state index contributed by atoms with van der Waals surface area (Å²) in [5.41, 5.74) is 6.73. The Kier molecular flexibility index (Phi) is 5.99. The largest absolute Gasteiger partial charge is 0.378 e. The molecule has 0 radical (unpaired) electrons. The second kappa shape index (κ2) is 7.26. The van der Waals surface area contributed by atoms with Gasteiger partial charge in [-0.05, 0) is 25.8 Å². The van der Waals surface area contributed by atoms with Crippen LogP contribution in [-0.4, -0.2) is 25.2 Å². The summed E-state index contributed by atoms with van der Waals surface area (Å²) < 4.78 is 5.22. The van der Waals surface area contributed by atoms with Gasteiger partial charge in [0.05, 0.1) is 12.0 Å². The van der Waals surface area contributed by atoms with Gasteiger partial charge in [0.25, 0.3) is 0 Å². The fourth-order valence-corrected chi connectivity index (χ4v) is 1.76. The van der Waals surface area contributed by atoms with Crippen molar-refractivity contribution in [3.05, 3.63) is 35.9 Å². The number of rotatable bonds is 7. The molecule has 1 amide bonds. The first-order valence-electron chi connectivity index (χ1n) is 6.57. The van der Waals surface area contributed by atoms with Crippen LogP contribution in [0.5, 0.6) is 0 Å². The van der Waals surface area contributed by atoms with Gasteiger partial charge >= 0.3 is 0 Å². The van der Waals surface area contributed by atoms with E-state index in [0.717, 1.165) is 12.0 Å². The standard InChI is InChI=1S/C15H24N2O2/c1-15(2,19-3)11-14(18)17-10-9-13(16)12-7-5-4-6-8-12/h4-8,13H,9-11,16H2,1-3H3,(H,17,18). The minimum atomic E-state index is -0.425. The first-order valence-corrected chi connectivity index (χ1v) is 6.57. The minimum absolute atomic E-state index is 0.00730. The van der Waals surface area contributed by atoms with Crippen molar-refractivity contribution in [1.82, 2.24) is 5.32 Å². The molecule has 0 saturated heterocycles. The molecule has 0 saturated carbocycles. The van der Waals surface area contributed by atoms with E-state index in [4.69, 9.17) is 10.5 Å². The molecule has 1 aromatic rings. The van der Waals surface area contributed by atoms with Gasteiger partial charge in [0.1, 0.15) is 0 Å². The van der Waals surface area contributed by atoms with Crippen molar-refractivity contribution in [2.45, 2.75) is 38.3 Å². The number of ether oxygens (including phenoxy) is 1. The van der Waals surface area contributed by atoms with Crippen LogP contribution in [0.2, 0.25) is 0 Å². The number of benzene rings is 1. The summed E-state index contributed by atoms with van der Waals surface area (Å²) in [5.74, 6) is -0.00730. The summed E-state index contributed by atoms with van der Waals surface area (Å²) in [5, 5.41) is 2.87. The van der Waals surface area contributed by atoms with Crippen LogP contribution in [0.15, 0.2) is 30.3 Å². The van der Waals surface area contributed by atoms with E-state index in [0.29, 0.717) is 13.0 Å². The summed E-state index contributed by atoms with van der Waals surface area (Å²) in [6.45, 7) is 4.36. The van der Waals surface area contributed by atoms with Crippen LogP contribution < -0.4 is 11.1 Å². The van der Waals surface area contributed by atoms with Crippen LogP contribution in [0.25, 0.3) is 0 Å². The van der Waals surface area contributed by atoms with E-state index in [1.807, 2.05) is 44.2 Å². The predicted molar refractivity (Wildman–Crippen MR) is 76.7 cm³/mol. The first-order chi connectivity index (χ1) is 8.94. The zero-order valence-electron chi connectivity index (χ0n) is 12.0. The number of hydrogen-bond donors (Lipinski definition) is 2. The van der Waals surface area contributed by atoms with Crippen LogP contribution in [-0.2, 0) is 9.53 Å². The Labute approximate surface area is 115 Å². The van der Waals surface area contributed by atoms with Crippen LogP contribution in [0.1, 0.15) is 38.3 Å². The fourth-order valence-electron chi connectivity index (χ4n) is 1.76. The zero-order chi connectivity index (χ0) is 14.3. The summed E-state index contributed by atoms with van der Waals surface area (Å²) in [7, 11) is 1.61. The van der Waals surface area contributed by atoms with Crippen molar-refractivity contribution >= 4 is 5.91 Å². The van der Waals surface area contributed by atoms with E-state index >= 15 is 0 Å². The normalized spacial score (nSPS) is 13.1. The van der Waals surface area contributed by atoms with Gasteiger partial charge < -0.3 is 15.8 Å². The Morgan fingerprint density at radius 1 is 1.37 bits per heavy atom. The third kappa shape index (κ3) is 5.85. The summed E-state index contributed by atoms with van der Waals surface area (Å²) in [6, 6.07) is 9.85. The minimum Gasteiger partial charge on any atom is -0.378 e. The van der Waals surface area contributed by atoms with Crippen LogP contribution in [0.3, 0.4) is 0 Å². The predicted octanol–water partition coefficient (Wildman–Crippen LogP) is 2.01. The molecule has 1 rings (SSSR count). The van der Waals surface area contributed by atoms with Crippen molar-refractivity contribution in [2.24, 2.45) is 5.73 Å². The van der Waals surface area contributed by atoms with E-state index in [-0.39, 0.29) is 11.9 Å². The highest BCUT2D eigenvalue weighted by Gasteiger charge is 2.20. The number of nitrogens with one attached hydrogen (secondary N) is 1. The lowest BCUT2D eigenvalue weighted by Gasteiger charge is -2.22. The van der Waals surface area contributed by atoms with Gasteiger partial charge in [0.15, 0.2) is 0 Å². The molecule has 0 aliphatic heterocycles. The summed E-state index contributed by atoms with van der Waals surface area (Å²) in [4.78, 5) is 11.7. The molecule has 4 nitrogen and oxygen atoms in total. The maximum Gasteiger partial charge on any atom is 0.222 e. The molecule has 19 heavy (non-hydrogen) atoms. The molecule has 0 spiro atoms. The molecule has 0 aliphatic carbocycles. The number of hydrogen-bond acceptors (Lipinski definition) is 3. The Bertz CT molecular complexity index is 390. The fraction of sp³-hybridized carbons (Fsp3) is 0.533. The second-order valence-electron chi connectivity index (χ2n) is 5.30. The number of carbonyl (C=O) groups excluding carboxylic acids is 1. The van der Waals surface area contributed by atoms with Crippen molar-refractivity contribution in [3.63, 3.8) is 0 Å². The third-order valence-corrected chi connectivity index (χ3v) is 3.14. The van der Waals surface area contributed by atoms with E-state index in [1.165, 1.54) is 0 Å². The monoisotopic (exact) mass is 264 g/mol. The lowest BCUT2D eigenvalue weighted by atomic mass is 10.0. The molecule has 1 atom stereocenters. The average Bonchev–Trinajstić information content (AvgIpc) is 2.39. The Morgan fingerprint density at radius 2 is 2.00 bits per heavy atom. The Hall–Kier alpha value is -1.39. The quantitative estimate of drug-likeness (QED) is 0.791. The van der Waals surface area contributed by atoms with E-state index < -0.39 is 5.60 Å². The van der Waals surface area contributed by atoms with E-state index in [9.17, 15) is 4.79 Å². The van der Waals surface area contributed by atoms with Crippen LogP contribution in [0, 0.1) is 0 Å². The molecule has 3 N–H and O–H groups in total. The second-order valence-corrected chi connectivity index (χ2v) is 5.30. The van der Waals surface area contributed by atoms with Crippen molar-refractivity contribution < 1.29 is 9.53 Å². The molecular formula is C15H24N2O2. The molecule has 0 heterocycles. The maximum atomic E-state index is 11.7. The van der Waals surface area contributed by atoms with Gasteiger partial charge in [-0.1, -0.05) is 30.3 Å². The number of methoxy groups -OCH3 is 1. The lowest BCUT2D eigenvalue weighted by Crippen LogP contribution is -2.34. The number of nitrogens with two attached hydrogens (primary N) is 1. The molecule has 0 bridgehead atoms. The van der Waals surface area contributed by atoms with E-state index in [1.54, 1.807) is 7.11 Å². The van der Waals surface area contributed by atoms with Crippen molar-refractivity contribution in [2.75, 3.05) is 13.7 Å². The molecule has 4 heteroatoms.